The highest BCUT2D eigenvalue weighted by Gasteiger charge is 2.23. The van der Waals surface area contributed by atoms with Crippen LogP contribution in [0.5, 0.6) is 11.5 Å². The zero-order chi connectivity index (χ0) is 21.0. The fourth-order valence-corrected chi connectivity index (χ4v) is 3.45. The van der Waals surface area contributed by atoms with Gasteiger partial charge >= 0.3 is 12.0 Å². The molecule has 1 aliphatic rings. The number of carboxylic acid groups (broad SMARTS) is 1. The van der Waals surface area contributed by atoms with E-state index < -0.39 is 17.9 Å². The van der Waals surface area contributed by atoms with Crippen molar-refractivity contribution in [1.29, 1.82) is 0 Å². The number of rotatable bonds is 7. The number of urea groups is 1. The van der Waals surface area contributed by atoms with E-state index in [0.29, 0.717) is 29.2 Å². The summed E-state index contributed by atoms with van der Waals surface area (Å²) in [7, 11) is 0. The Kier molecular flexibility index (Phi) is 6.37. The zero-order valence-electron chi connectivity index (χ0n) is 15.3. The Morgan fingerprint density at radius 3 is 2.62 bits per heavy atom. The lowest BCUT2D eigenvalue weighted by Gasteiger charge is -2.15. The van der Waals surface area contributed by atoms with E-state index in [4.69, 9.17) is 14.6 Å². The van der Waals surface area contributed by atoms with Gasteiger partial charge in [0.1, 0.15) is 12.3 Å². The van der Waals surface area contributed by atoms with Crippen molar-refractivity contribution in [1.82, 2.24) is 10.6 Å². The molecule has 0 aromatic heterocycles. The van der Waals surface area contributed by atoms with Gasteiger partial charge in [-0.05, 0) is 71.0 Å². The van der Waals surface area contributed by atoms with E-state index >= 15 is 0 Å². The molecule has 0 radical (unpaired) electrons. The maximum atomic E-state index is 11.7. The number of ether oxygens (including phenoxy) is 2. The highest BCUT2D eigenvalue weighted by Crippen LogP contribution is 2.35. The molecule has 1 heterocycles. The van der Waals surface area contributed by atoms with E-state index in [1.54, 1.807) is 36.4 Å². The van der Waals surface area contributed by atoms with Crippen LogP contribution in [0.15, 0.2) is 42.1 Å². The quantitative estimate of drug-likeness (QED) is 0.301. The van der Waals surface area contributed by atoms with Crippen molar-refractivity contribution in [3.63, 3.8) is 0 Å². The highest BCUT2D eigenvalue weighted by molar-refractivity contribution is 14.1. The molecule has 0 spiro atoms. The second-order valence-corrected chi connectivity index (χ2v) is 7.19. The number of amides is 3. The normalized spacial score (nSPS) is 14.5. The first kappa shape index (κ1) is 20.6. The topological polar surface area (TPSA) is 114 Å². The number of nitrogens with one attached hydrogen (secondary N) is 2. The molecular weight excluding hydrogens is 491 g/mol. The summed E-state index contributed by atoms with van der Waals surface area (Å²) in [6, 6.07) is 9.43. The molecule has 29 heavy (non-hydrogen) atoms. The van der Waals surface area contributed by atoms with Crippen molar-refractivity contribution in [2.24, 2.45) is 0 Å². The first-order valence-electron chi connectivity index (χ1n) is 8.62. The van der Waals surface area contributed by atoms with Gasteiger partial charge in [-0.1, -0.05) is 12.1 Å². The lowest BCUT2D eigenvalue weighted by atomic mass is 10.1. The van der Waals surface area contributed by atoms with Crippen LogP contribution < -0.4 is 20.1 Å². The average Bonchev–Trinajstić information content (AvgIpc) is 2.98. The minimum absolute atomic E-state index is 0.146. The van der Waals surface area contributed by atoms with Gasteiger partial charge in [-0.15, -0.1) is 0 Å². The van der Waals surface area contributed by atoms with Crippen LogP contribution in [0.1, 0.15) is 28.4 Å². The molecule has 1 aliphatic heterocycles. The molecule has 8 nitrogen and oxygen atoms in total. The van der Waals surface area contributed by atoms with Crippen LogP contribution >= 0.6 is 22.6 Å². The molecule has 3 N–H and O–H groups in total. The number of aromatic carboxylic acids is 1. The van der Waals surface area contributed by atoms with Gasteiger partial charge in [0.05, 0.1) is 15.7 Å². The van der Waals surface area contributed by atoms with Crippen LogP contribution in [-0.2, 0) is 11.4 Å². The first-order valence-corrected chi connectivity index (χ1v) is 9.70. The summed E-state index contributed by atoms with van der Waals surface area (Å²) in [4.78, 5) is 34.1. The largest absolute Gasteiger partial charge is 0.490 e. The standard InChI is InChI=1S/C20H17IN2O6/c1-2-28-16-9-12(8-15-18(24)23-20(27)22-15)7-14(21)17(16)29-10-11-4-3-5-13(6-11)19(25)26/h3-9H,2,10H2,1H3,(H,25,26)(H2,22,23,24,27)/b15-8+. The molecular formula is C20H17IN2O6. The molecule has 0 aliphatic carbocycles. The van der Waals surface area contributed by atoms with Gasteiger partial charge < -0.3 is 19.9 Å². The van der Waals surface area contributed by atoms with Gasteiger partial charge in [0.15, 0.2) is 11.5 Å². The molecule has 0 bridgehead atoms. The SMILES string of the molecule is CCOc1cc(/C=C2/NC(=O)NC2=O)cc(I)c1OCc1cccc(C(=O)O)c1. The third-order valence-electron chi connectivity index (χ3n) is 3.92. The monoisotopic (exact) mass is 508 g/mol. The highest BCUT2D eigenvalue weighted by atomic mass is 127. The van der Waals surface area contributed by atoms with E-state index in [0.717, 1.165) is 3.57 Å². The molecule has 1 saturated heterocycles. The van der Waals surface area contributed by atoms with Crippen LogP contribution in [0.25, 0.3) is 6.08 Å². The number of carboxylic acids is 1. The van der Waals surface area contributed by atoms with Gasteiger partial charge in [-0.3, -0.25) is 10.1 Å². The number of carbonyl (C=O) groups excluding carboxylic acids is 2. The van der Waals surface area contributed by atoms with Gasteiger partial charge in [-0.25, -0.2) is 9.59 Å². The molecule has 1 fully saturated rings. The minimum Gasteiger partial charge on any atom is -0.490 e. The molecule has 2 aromatic carbocycles. The van der Waals surface area contributed by atoms with Crippen molar-refractivity contribution in [3.05, 3.63) is 62.4 Å². The summed E-state index contributed by atoms with van der Waals surface area (Å²) in [6.45, 7) is 2.40. The van der Waals surface area contributed by atoms with Crippen LogP contribution in [0, 0.1) is 3.57 Å². The summed E-state index contributed by atoms with van der Waals surface area (Å²) in [5.41, 5.74) is 1.70. The Balaban J connectivity index is 1.86. The molecule has 3 amide bonds. The third-order valence-corrected chi connectivity index (χ3v) is 4.72. The summed E-state index contributed by atoms with van der Waals surface area (Å²) >= 11 is 2.09. The van der Waals surface area contributed by atoms with Crippen LogP contribution in [0.3, 0.4) is 0 Å². The zero-order valence-corrected chi connectivity index (χ0v) is 17.5. The van der Waals surface area contributed by atoms with Crippen LogP contribution in [-0.4, -0.2) is 29.6 Å². The number of hydrogen-bond acceptors (Lipinski definition) is 5. The number of imide groups is 1. The van der Waals surface area contributed by atoms with Crippen molar-refractivity contribution >= 4 is 46.6 Å². The summed E-state index contributed by atoms with van der Waals surface area (Å²) in [6.07, 6.45) is 1.55. The summed E-state index contributed by atoms with van der Waals surface area (Å²) < 4.78 is 12.3. The number of carbonyl (C=O) groups is 3. The third kappa shape index (κ3) is 5.05. The lowest BCUT2D eigenvalue weighted by Crippen LogP contribution is -2.22. The fourth-order valence-electron chi connectivity index (χ4n) is 2.67. The Morgan fingerprint density at radius 1 is 1.17 bits per heavy atom. The summed E-state index contributed by atoms with van der Waals surface area (Å²) in [5.74, 6) is -0.515. The number of halogens is 1. The van der Waals surface area contributed by atoms with E-state index in [2.05, 4.69) is 33.2 Å². The molecule has 150 valence electrons. The smallest absolute Gasteiger partial charge is 0.335 e. The van der Waals surface area contributed by atoms with Crippen LogP contribution in [0.2, 0.25) is 0 Å². The molecule has 9 heteroatoms. The Hall–Kier alpha value is -3.08. The fraction of sp³-hybridized carbons (Fsp3) is 0.150. The average molecular weight is 508 g/mol. The predicted octanol–water partition coefficient (Wildman–Crippen LogP) is 3.15. The van der Waals surface area contributed by atoms with Gasteiger partial charge in [0.2, 0.25) is 0 Å². The second kappa shape index (κ2) is 8.95. The van der Waals surface area contributed by atoms with Gasteiger partial charge in [0.25, 0.3) is 5.91 Å². The molecule has 0 atom stereocenters. The molecule has 0 saturated carbocycles. The van der Waals surface area contributed by atoms with E-state index in [1.165, 1.54) is 6.07 Å². The number of hydrogen-bond donors (Lipinski definition) is 3. The van der Waals surface area contributed by atoms with E-state index in [-0.39, 0.29) is 17.9 Å². The second-order valence-electron chi connectivity index (χ2n) is 6.02. The van der Waals surface area contributed by atoms with Gasteiger partial charge in [0, 0.05) is 0 Å². The van der Waals surface area contributed by atoms with Crippen LogP contribution in [0.4, 0.5) is 4.79 Å². The van der Waals surface area contributed by atoms with Crippen molar-refractivity contribution in [2.75, 3.05) is 6.61 Å². The lowest BCUT2D eigenvalue weighted by molar-refractivity contribution is -0.115. The van der Waals surface area contributed by atoms with Crippen molar-refractivity contribution < 1.29 is 29.0 Å². The van der Waals surface area contributed by atoms with E-state index in [1.807, 2.05) is 6.92 Å². The maximum Gasteiger partial charge on any atom is 0.335 e. The predicted molar refractivity (Wildman–Crippen MR) is 113 cm³/mol. The Morgan fingerprint density at radius 2 is 1.97 bits per heavy atom. The van der Waals surface area contributed by atoms with Gasteiger partial charge in [-0.2, -0.15) is 0 Å². The minimum atomic E-state index is -1.00. The van der Waals surface area contributed by atoms with Crippen molar-refractivity contribution in [3.8, 4) is 11.5 Å². The van der Waals surface area contributed by atoms with E-state index in [9.17, 15) is 14.4 Å². The maximum absolute atomic E-state index is 11.7. The molecule has 0 unspecified atom stereocenters. The Bertz CT molecular complexity index is 1020. The number of benzene rings is 2. The summed E-state index contributed by atoms with van der Waals surface area (Å²) in [5, 5.41) is 13.7. The first-order chi connectivity index (χ1) is 13.9. The molecule has 3 rings (SSSR count). The Labute approximate surface area is 180 Å². The van der Waals surface area contributed by atoms with Crippen molar-refractivity contribution in [2.45, 2.75) is 13.5 Å². The molecule has 2 aromatic rings.